The zero-order valence-electron chi connectivity index (χ0n) is 6.05. The van der Waals surface area contributed by atoms with Gasteiger partial charge in [0.25, 0.3) is 0 Å². The minimum absolute atomic E-state index is 0.0956. The predicted molar refractivity (Wildman–Crippen MR) is 47.9 cm³/mol. The number of aromatic hydroxyl groups is 1. The molecule has 0 atom stereocenters. The van der Waals surface area contributed by atoms with Gasteiger partial charge in [-0.05, 0) is 18.9 Å². The van der Waals surface area contributed by atoms with Crippen molar-refractivity contribution in [1.29, 1.82) is 0 Å². The summed E-state index contributed by atoms with van der Waals surface area (Å²) in [6, 6.07) is 7.50. The van der Waals surface area contributed by atoms with Crippen LogP contribution in [0.3, 0.4) is 0 Å². The van der Waals surface area contributed by atoms with Gasteiger partial charge in [-0.25, -0.2) is 0 Å². The van der Waals surface area contributed by atoms with Crippen LogP contribution in [0.2, 0.25) is 0 Å². The van der Waals surface area contributed by atoms with Gasteiger partial charge in [-0.15, -0.1) is 0 Å². The Morgan fingerprint density at radius 1 is 1.27 bits per heavy atom. The molecule has 0 bridgehead atoms. The molecule has 1 N–H and O–H groups in total. The van der Waals surface area contributed by atoms with E-state index in [9.17, 15) is 5.11 Å². The molecule has 1 fully saturated rings. The van der Waals surface area contributed by atoms with Crippen LogP contribution in [0.4, 0.5) is 0 Å². The molecular weight excluding hydrogens is 204 g/mol. The maximum Gasteiger partial charge on any atom is 0.120 e. The molecule has 0 aromatic heterocycles. The molecule has 2 heteroatoms. The smallest absolute Gasteiger partial charge is 0.120 e. The Kier molecular flexibility index (Phi) is 1.46. The highest BCUT2D eigenvalue weighted by Crippen LogP contribution is 2.55. The van der Waals surface area contributed by atoms with Crippen LogP contribution in [0.5, 0.6) is 5.75 Å². The highest BCUT2D eigenvalue weighted by molar-refractivity contribution is 9.09. The van der Waals surface area contributed by atoms with E-state index >= 15 is 0 Å². The zero-order chi connectivity index (χ0) is 7.90. The van der Waals surface area contributed by atoms with E-state index in [4.69, 9.17) is 0 Å². The first-order valence-corrected chi connectivity index (χ1v) is 4.49. The van der Waals surface area contributed by atoms with Crippen molar-refractivity contribution in [3.8, 4) is 5.75 Å². The number of benzene rings is 1. The monoisotopic (exact) mass is 212 g/mol. The molecule has 0 aliphatic heterocycles. The van der Waals surface area contributed by atoms with E-state index in [0.29, 0.717) is 5.75 Å². The van der Waals surface area contributed by atoms with E-state index in [-0.39, 0.29) is 4.32 Å². The lowest BCUT2D eigenvalue weighted by Gasteiger charge is -2.07. The van der Waals surface area contributed by atoms with Crippen LogP contribution in [0, 0.1) is 0 Å². The Morgan fingerprint density at radius 2 is 1.91 bits per heavy atom. The second-order valence-electron chi connectivity index (χ2n) is 2.98. The summed E-state index contributed by atoms with van der Waals surface area (Å²) in [5.74, 6) is 0.405. The fraction of sp³-hybridized carbons (Fsp3) is 0.333. The Balaban J connectivity index is 2.45. The third kappa shape index (κ3) is 1.16. The van der Waals surface area contributed by atoms with Gasteiger partial charge in [-0.1, -0.05) is 34.1 Å². The van der Waals surface area contributed by atoms with Gasteiger partial charge >= 0.3 is 0 Å². The lowest BCUT2D eigenvalue weighted by Crippen LogP contribution is -1.94. The molecule has 1 nitrogen and oxygen atoms in total. The summed E-state index contributed by atoms with van der Waals surface area (Å²) in [7, 11) is 0. The van der Waals surface area contributed by atoms with Crippen molar-refractivity contribution in [1.82, 2.24) is 0 Å². The predicted octanol–water partition coefficient (Wildman–Crippen LogP) is 2.78. The molecule has 0 spiro atoms. The minimum Gasteiger partial charge on any atom is -0.508 e. The SMILES string of the molecule is Oc1ccccc1C1(Br)CC1. The number of phenols is 1. The Labute approximate surface area is 74.2 Å². The minimum atomic E-state index is 0.0956. The molecule has 11 heavy (non-hydrogen) atoms. The maximum absolute atomic E-state index is 9.46. The zero-order valence-corrected chi connectivity index (χ0v) is 7.63. The number of alkyl halides is 1. The Hall–Kier alpha value is -0.500. The number of hydrogen-bond donors (Lipinski definition) is 1. The topological polar surface area (TPSA) is 20.2 Å². The lowest BCUT2D eigenvalue weighted by molar-refractivity contribution is 0.467. The van der Waals surface area contributed by atoms with Gasteiger partial charge in [-0.3, -0.25) is 0 Å². The van der Waals surface area contributed by atoms with Crippen molar-refractivity contribution in [2.75, 3.05) is 0 Å². The second-order valence-corrected chi connectivity index (χ2v) is 4.50. The van der Waals surface area contributed by atoms with Crippen molar-refractivity contribution >= 4 is 15.9 Å². The number of halogens is 1. The molecule has 2 rings (SSSR count). The Morgan fingerprint density at radius 3 is 2.45 bits per heavy atom. The average Bonchev–Trinajstić information content (AvgIpc) is 2.70. The van der Waals surface area contributed by atoms with Crippen LogP contribution in [-0.4, -0.2) is 5.11 Å². The van der Waals surface area contributed by atoms with Crippen molar-refractivity contribution < 1.29 is 5.11 Å². The standard InChI is InChI=1S/C9H9BrO/c10-9(5-6-9)7-3-1-2-4-8(7)11/h1-4,11H,5-6H2. The van der Waals surface area contributed by atoms with Gasteiger partial charge < -0.3 is 5.11 Å². The highest BCUT2D eigenvalue weighted by atomic mass is 79.9. The average molecular weight is 213 g/mol. The van der Waals surface area contributed by atoms with E-state index in [1.807, 2.05) is 18.2 Å². The number of rotatable bonds is 1. The first kappa shape index (κ1) is 7.17. The van der Waals surface area contributed by atoms with Crippen LogP contribution in [-0.2, 0) is 4.32 Å². The van der Waals surface area contributed by atoms with Crippen LogP contribution in [0.15, 0.2) is 24.3 Å². The third-order valence-electron chi connectivity index (χ3n) is 2.08. The second kappa shape index (κ2) is 2.24. The molecule has 1 aliphatic carbocycles. The lowest BCUT2D eigenvalue weighted by atomic mass is 10.1. The largest absolute Gasteiger partial charge is 0.508 e. The fourth-order valence-electron chi connectivity index (χ4n) is 1.23. The van der Waals surface area contributed by atoms with Gasteiger partial charge in [-0.2, -0.15) is 0 Å². The van der Waals surface area contributed by atoms with Crippen molar-refractivity contribution in [3.05, 3.63) is 29.8 Å². The quantitative estimate of drug-likeness (QED) is 0.711. The Bertz CT molecular complexity index is 279. The summed E-state index contributed by atoms with van der Waals surface area (Å²) < 4.78 is 0.0956. The number of phenolic OH excluding ortho intramolecular Hbond substituents is 1. The van der Waals surface area contributed by atoms with Crippen LogP contribution < -0.4 is 0 Å². The molecule has 1 aliphatic rings. The van der Waals surface area contributed by atoms with E-state index in [0.717, 1.165) is 18.4 Å². The first-order valence-electron chi connectivity index (χ1n) is 3.70. The van der Waals surface area contributed by atoms with E-state index in [1.165, 1.54) is 0 Å². The summed E-state index contributed by atoms with van der Waals surface area (Å²) in [6.45, 7) is 0. The maximum atomic E-state index is 9.46. The van der Waals surface area contributed by atoms with E-state index in [2.05, 4.69) is 15.9 Å². The van der Waals surface area contributed by atoms with Crippen molar-refractivity contribution in [2.24, 2.45) is 0 Å². The fourth-order valence-corrected chi connectivity index (χ4v) is 1.77. The molecule has 0 unspecified atom stereocenters. The molecule has 1 aromatic carbocycles. The van der Waals surface area contributed by atoms with Gasteiger partial charge in [0.1, 0.15) is 5.75 Å². The van der Waals surface area contributed by atoms with Crippen molar-refractivity contribution in [3.63, 3.8) is 0 Å². The highest BCUT2D eigenvalue weighted by Gasteiger charge is 2.43. The van der Waals surface area contributed by atoms with Gasteiger partial charge in [0, 0.05) is 5.56 Å². The molecule has 0 heterocycles. The van der Waals surface area contributed by atoms with Gasteiger partial charge in [0.2, 0.25) is 0 Å². The molecule has 1 saturated carbocycles. The molecule has 58 valence electrons. The van der Waals surface area contributed by atoms with Crippen LogP contribution in [0.25, 0.3) is 0 Å². The molecule has 0 radical (unpaired) electrons. The molecule has 0 saturated heterocycles. The van der Waals surface area contributed by atoms with E-state index in [1.54, 1.807) is 6.07 Å². The normalized spacial score (nSPS) is 19.7. The van der Waals surface area contributed by atoms with E-state index < -0.39 is 0 Å². The van der Waals surface area contributed by atoms with Crippen LogP contribution in [0.1, 0.15) is 18.4 Å². The third-order valence-corrected chi connectivity index (χ3v) is 3.30. The molecule has 0 amide bonds. The summed E-state index contributed by atoms with van der Waals surface area (Å²) in [6.07, 6.45) is 2.26. The summed E-state index contributed by atoms with van der Waals surface area (Å²) in [4.78, 5) is 0. The van der Waals surface area contributed by atoms with Crippen molar-refractivity contribution in [2.45, 2.75) is 17.2 Å². The van der Waals surface area contributed by atoms with Crippen LogP contribution >= 0.6 is 15.9 Å². The molecule has 1 aromatic rings. The first-order chi connectivity index (χ1) is 5.22. The number of hydrogen-bond acceptors (Lipinski definition) is 1. The van der Waals surface area contributed by atoms with Gasteiger partial charge in [0.05, 0.1) is 4.32 Å². The molecular formula is C9H9BrO. The summed E-state index contributed by atoms with van der Waals surface area (Å²) >= 11 is 3.59. The summed E-state index contributed by atoms with van der Waals surface area (Å²) in [5, 5.41) is 9.46. The summed E-state index contributed by atoms with van der Waals surface area (Å²) in [5.41, 5.74) is 1.03. The van der Waals surface area contributed by atoms with Gasteiger partial charge in [0.15, 0.2) is 0 Å². The number of para-hydroxylation sites is 1.